The summed E-state index contributed by atoms with van der Waals surface area (Å²) in [6.45, 7) is 0. The molecule has 25 heavy (non-hydrogen) atoms. The van der Waals surface area contributed by atoms with Gasteiger partial charge in [0.1, 0.15) is 4.90 Å². The zero-order valence-corrected chi connectivity index (χ0v) is 13.6. The van der Waals surface area contributed by atoms with Crippen molar-refractivity contribution in [2.24, 2.45) is 0 Å². The molecule has 10 heteroatoms. The van der Waals surface area contributed by atoms with Crippen LogP contribution in [0.15, 0.2) is 53.7 Å². The van der Waals surface area contributed by atoms with E-state index in [0.29, 0.717) is 5.56 Å². The second kappa shape index (κ2) is 5.96. The third-order valence-electron chi connectivity index (χ3n) is 3.30. The molecule has 130 valence electrons. The first-order valence-electron chi connectivity index (χ1n) is 6.91. The van der Waals surface area contributed by atoms with E-state index in [0.717, 1.165) is 29.4 Å². The smallest absolute Gasteiger partial charge is 0.224 e. The topological polar surface area (TPSA) is 77.7 Å². The van der Waals surface area contributed by atoms with Crippen LogP contribution in [0.3, 0.4) is 0 Å². The van der Waals surface area contributed by atoms with Crippen molar-refractivity contribution in [3.05, 3.63) is 54.5 Å². The standard InChI is InChI=1S/C15H11F3N4O2S/c1-25(23,24)11-8-19-14(20-9-11)22-12(10-5-3-2-4-6-10)7-13(21-22)15(16,17)18/h2-9H,1H3. The van der Waals surface area contributed by atoms with Gasteiger partial charge in [-0.3, -0.25) is 0 Å². The molecule has 0 N–H and O–H groups in total. The number of nitrogens with zero attached hydrogens (tertiary/aromatic N) is 4. The van der Waals surface area contributed by atoms with Crippen LogP contribution in [-0.4, -0.2) is 34.4 Å². The predicted molar refractivity (Wildman–Crippen MR) is 82.7 cm³/mol. The SMILES string of the molecule is CS(=O)(=O)c1cnc(-n2nc(C(F)(F)F)cc2-c2ccccc2)nc1. The Hall–Kier alpha value is -2.75. The van der Waals surface area contributed by atoms with Gasteiger partial charge in [0, 0.05) is 11.8 Å². The summed E-state index contributed by atoms with van der Waals surface area (Å²) in [5.41, 5.74) is -0.469. The molecule has 2 aromatic heterocycles. The van der Waals surface area contributed by atoms with Gasteiger partial charge in [0.15, 0.2) is 15.5 Å². The molecule has 0 saturated carbocycles. The highest BCUT2D eigenvalue weighted by Gasteiger charge is 2.35. The van der Waals surface area contributed by atoms with Gasteiger partial charge in [0.25, 0.3) is 5.95 Å². The first-order valence-corrected chi connectivity index (χ1v) is 8.80. The quantitative estimate of drug-likeness (QED) is 0.710. The van der Waals surface area contributed by atoms with E-state index in [9.17, 15) is 21.6 Å². The Balaban J connectivity index is 2.16. The zero-order chi connectivity index (χ0) is 18.2. The lowest BCUT2D eigenvalue weighted by molar-refractivity contribution is -0.141. The number of alkyl halides is 3. The van der Waals surface area contributed by atoms with Crippen LogP contribution in [-0.2, 0) is 16.0 Å². The van der Waals surface area contributed by atoms with Crippen LogP contribution in [0, 0.1) is 0 Å². The molecular weight excluding hydrogens is 357 g/mol. The van der Waals surface area contributed by atoms with Crippen LogP contribution in [0.4, 0.5) is 13.2 Å². The van der Waals surface area contributed by atoms with Crippen LogP contribution < -0.4 is 0 Å². The Morgan fingerprint density at radius 3 is 2.16 bits per heavy atom. The van der Waals surface area contributed by atoms with Gasteiger partial charge in [-0.25, -0.2) is 18.4 Å². The fourth-order valence-electron chi connectivity index (χ4n) is 2.10. The summed E-state index contributed by atoms with van der Waals surface area (Å²) >= 11 is 0. The van der Waals surface area contributed by atoms with E-state index in [2.05, 4.69) is 15.1 Å². The molecular formula is C15H11F3N4O2S. The molecule has 0 amide bonds. The van der Waals surface area contributed by atoms with E-state index in [4.69, 9.17) is 0 Å². The van der Waals surface area contributed by atoms with Gasteiger partial charge >= 0.3 is 6.18 Å². The van der Waals surface area contributed by atoms with Gasteiger partial charge in [-0.1, -0.05) is 30.3 Å². The Labute approximate surface area is 140 Å². The fourth-order valence-corrected chi connectivity index (χ4v) is 2.59. The van der Waals surface area contributed by atoms with Gasteiger partial charge in [0.05, 0.1) is 18.1 Å². The van der Waals surface area contributed by atoms with Crippen LogP contribution in [0.1, 0.15) is 5.69 Å². The molecule has 1 aromatic carbocycles. The van der Waals surface area contributed by atoms with Gasteiger partial charge in [-0.15, -0.1) is 0 Å². The maximum absolute atomic E-state index is 13.0. The van der Waals surface area contributed by atoms with E-state index in [-0.39, 0.29) is 16.5 Å². The number of benzene rings is 1. The van der Waals surface area contributed by atoms with Crippen molar-refractivity contribution < 1.29 is 21.6 Å². The summed E-state index contributed by atoms with van der Waals surface area (Å²) in [6, 6.07) is 9.22. The van der Waals surface area contributed by atoms with Crippen molar-refractivity contribution in [2.75, 3.05) is 6.26 Å². The number of hydrogen-bond donors (Lipinski definition) is 0. The Morgan fingerprint density at radius 1 is 1.04 bits per heavy atom. The van der Waals surface area contributed by atoms with E-state index in [1.54, 1.807) is 30.3 Å². The molecule has 0 unspecified atom stereocenters. The highest BCUT2D eigenvalue weighted by atomic mass is 32.2. The van der Waals surface area contributed by atoms with E-state index >= 15 is 0 Å². The molecule has 0 spiro atoms. The molecule has 0 bridgehead atoms. The van der Waals surface area contributed by atoms with Crippen LogP contribution in [0.2, 0.25) is 0 Å². The molecule has 2 heterocycles. The predicted octanol–water partition coefficient (Wildman–Crippen LogP) is 2.75. The van der Waals surface area contributed by atoms with E-state index in [1.165, 1.54) is 0 Å². The Morgan fingerprint density at radius 2 is 1.64 bits per heavy atom. The second-order valence-electron chi connectivity index (χ2n) is 5.18. The minimum absolute atomic E-state index is 0.138. The molecule has 0 aliphatic rings. The molecule has 0 atom stereocenters. The van der Waals surface area contributed by atoms with Crippen LogP contribution in [0.25, 0.3) is 17.2 Å². The van der Waals surface area contributed by atoms with Gasteiger partial charge in [-0.2, -0.15) is 23.0 Å². The maximum atomic E-state index is 13.0. The molecule has 0 radical (unpaired) electrons. The highest BCUT2D eigenvalue weighted by Crippen LogP contribution is 2.32. The minimum atomic E-state index is -4.64. The van der Waals surface area contributed by atoms with Crippen LogP contribution in [0.5, 0.6) is 0 Å². The second-order valence-corrected chi connectivity index (χ2v) is 7.20. The number of halogens is 3. The zero-order valence-electron chi connectivity index (χ0n) is 12.8. The third kappa shape index (κ3) is 3.53. The largest absolute Gasteiger partial charge is 0.435 e. The third-order valence-corrected chi connectivity index (χ3v) is 4.37. The van der Waals surface area contributed by atoms with Gasteiger partial charge in [0.2, 0.25) is 0 Å². The van der Waals surface area contributed by atoms with E-state index < -0.39 is 21.7 Å². The summed E-state index contributed by atoms with van der Waals surface area (Å²) in [4.78, 5) is 7.54. The van der Waals surface area contributed by atoms with Crippen molar-refractivity contribution in [3.8, 4) is 17.2 Å². The first kappa shape index (κ1) is 17.1. The van der Waals surface area contributed by atoms with Crippen molar-refractivity contribution >= 4 is 9.84 Å². The summed E-state index contributed by atoms with van der Waals surface area (Å²) in [7, 11) is -3.52. The molecule has 0 aliphatic heterocycles. The fraction of sp³-hybridized carbons (Fsp3) is 0.133. The summed E-state index contributed by atoms with van der Waals surface area (Å²) in [6.07, 6.45) is -1.60. The summed E-state index contributed by atoms with van der Waals surface area (Å²) in [5.74, 6) is -0.165. The highest BCUT2D eigenvalue weighted by molar-refractivity contribution is 7.90. The average Bonchev–Trinajstić information content (AvgIpc) is 3.00. The van der Waals surface area contributed by atoms with Gasteiger partial charge in [-0.05, 0) is 6.07 Å². The van der Waals surface area contributed by atoms with Gasteiger partial charge < -0.3 is 0 Å². The lowest BCUT2D eigenvalue weighted by Gasteiger charge is -2.06. The van der Waals surface area contributed by atoms with Crippen molar-refractivity contribution in [3.63, 3.8) is 0 Å². The number of sulfone groups is 1. The molecule has 3 aromatic rings. The summed E-state index contributed by atoms with van der Waals surface area (Å²) in [5, 5.41) is 3.54. The first-order chi connectivity index (χ1) is 11.7. The van der Waals surface area contributed by atoms with Crippen molar-refractivity contribution in [1.29, 1.82) is 0 Å². The number of rotatable bonds is 3. The lowest BCUT2D eigenvalue weighted by atomic mass is 10.1. The number of hydrogen-bond acceptors (Lipinski definition) is 5. The normalized spacial score (nSPS) is 12.3. The van der Waals surface area contributed by atoms with Crippen molar-refractivity contribution in [2.45, 2.75) is 11.1 Å². The molecule has 6 nitrogen and oxygen atoms in total. The van der Waals surface area contributed by atoms with Crippen LogP contribution >= 0.6 is 0 Å². The molecule has 0 saturated heterocycles. The average molecular weight is 368 g/mol. The maximum Gasteiger partial charge on any atom is 0.435 e. The molecule has 3 rings (SSSR count). The Kier molecular flexibility index (Phi) is 4.07. The molecule has 0 fully saturated rings. The van der Waals surface area contributed by atoms with E-state index in [1.807, 2.05) is 0 Å². The lowest BCUT2D eigenvalue weighted by Crippen LogP contribution is -2.10. The van der Waals surface area contributed by atoms with Crippen molar-refractivity contribution in [1.82, 2.24) is 19.7 Å². The monoisotopic (exact) mass is 368 g/mol. The number of aromatic nitrogens is 4. The molecule has 0 aliphatic carbocycles. The minimum Gasteiger partial charge on any atom is -0.224 e. The Bertz CT molecular complexity index is 998. The summed E-state index contributed by atoms with van der Waals surface area (Å²) < 4.78 is 63.0.